The van der Waals surface area contributed by atoms with Crippen molar-refractivity contribution in [1.82, 2.24) is 9.88 Å². The highest BCUT2D eigenvalue weighted by Crippen LogP contribution is 2.27. The van der Waals surface area contributed by atoms with E-state index in [2.05, 4.69) is 47.9 Å². The molecule has 0 aliphatic carbocycles. The summed E-state index contributed by atoms with van der Waals surface area (Å²) in [5, 5.41) is 11.8. The van der Waals surface area contributed by atoms with Gasteiger partial charge in [-0.2, -0.15) is 0 Å². The van der Waals surface area contributed by atoms with Crippen molar-refractivity contribution in [2.75, 3.05) is 31.1 Å². The summed E-state index contributed by atoms with van der Waals surface area (Å²) in [7, 11) is 0. The number of rotatable bonds is 7. The van der Waals surface area contributed by atoms with Gasteiger partial charge in [0, 0.05) is 43.3 Å². The number of piperazine rings is 1. The van der Waals surface area contributed by atoms with Crippen LogP contribution < -0.4 is 9.64 Å². The Morgan fingerprint density at radius 2 is 1.84 bits per heavy atom. The molecular formula is C25H28ClN3O3. The lowest BCUT2D eigenvalue weighted by Crippen LogP contribution is -2.57. The van der Waals surface area contributed by atoms with Crippen LogP contribution >= 0.6 is 11.6 Å². The van der Waals surface area contributed by atoms with E-state index in [0.29, 0.717) is 35.0 Å². The number of hydrogen-bond acceptors (Lipinski definition) is 5. The lowest BCUT2D eigenvalue weighted by molar-refractivity contribution is -0.136. The number of carboxylic acids is 1. The second-order valence-electron chi connectivity index (χ2n) is 8.41. The van der Waals surface area contributed by atoms with Crippen LogP contribution in [0.5, 0.6) is 5.75 Å². The molecule has 2 aromatic carbocycles. The van der Waals surface area contributed by atoms with Gasteiger partial charge in [-0.25, -0.2) is 4.98 Å². The summed E-state index contributed by atoms with van der Waals surface area (Å²) in [5.41, 5.74) is 0.676. The normalized spacial score (nSPS) is 19.3. The summed E-state index contributed by atoms with van der Waals surface area (Å²) >= 11 is 6.24. The molecule has 1 fully saturated rings. The maximum absolute atomic E-state index is 11.0. The van der Waals surface area contributed by atoms with Crippen molar-refractivity contribution in [2.24, 2.45) is 0 Å². The van der Waals surface area contributed by atoms with Gasteiger partial charge < -0.3 is 14.7 Å². The van der Waals surface area contributed by atoms with Crippen LogP contribution in [-0.4, -0.2) is 59.3 Å². The smallest absolute Gasteiger partial charge is 0.307 e. The van der Waals surface area contributed by atoms with Crippen LogP contribution in [0.25, 0.3) is 10.8 Å². The molecule has 32 heavy (non-hydrogen) atoms. The molecule has 6 nitrogen and oxygen atoms in total. The number of hydrogen-bond donors (Lipinski definition) is 1. The summed E-state index contributed by atoms with van der Waals surface area (Å²) in [4.78, 5) is 20.4. The first-order valence-electron chi connectivity index (χ1n) is 10.9. The zero-order chi connectivity index (χ0) is 22.7. The minimum atomic E-state index is -0.875. The van der Waals surface area contributed by atoms with Gasteiger partial charge >= 0.3 is 5.97 Å². The number of pyridine rings is 1. The third kappa shape index (κ3) is 5.14. The number of ether oxygens (including phenoxy) is 1. The molecule has 2 atom stereocenters. The molecule has 0 amide bonds. The highest BCUT2D eigenvalue weighted by atomic mass is 35.5. The molecule has 0 spiro atoms. The molecule has 1 N–H and O–H groups in total. The highest BCUT2D eigenvalue weighted by Gasteiger charge is 2.30. The van der Waals surface area contributed by atoms with Crippen molar-refractivity contribution in [3.63, 3.8) is 0 Å². The van der Waals surface area contributed by atoms with Crippen molar-refractivity contribution in [3.05, 3.63) is 65.3 Å². The van der Waals surface area contributed by atoms with Gasteiger partial charge in [0.05, 0.1) is 11.4 Å². The van der Waals surface area contributed by atoms with E-state index in [1.54, 1.807) is 18.2 Å². The van der Waals surface area contributed by atoms with Gasteiger partial charge in [0.2, 0.25) is 0 Å². The number of carbonyl (C=O) groups is 1. The zero-order valence-corrected chi connectivity index (χ0v) is 19.1. The van der Waals surface area contributed by atoms with Gasteiger partial charge in [-0.1, -0.05) is 41.9 Å². The first-order chi connectivity index (χ1) is 15.4. The number of fused-ring (bicyclic) bond motifs is 1. The molecule has 1 saturated heterocycles. The second-order valence-corrected chi connectivity index (χ2v) is 8.82. The molecule has 1 aliphatic rings. The summed E-state index contributed by atoms with van der Waals surface area (Å²) in [6.07, 6.45) is 1.90. The molecule has 0 radical (unpaired) electrons. The number of halogens is 1. The highest BCUT2D eigenvalue weighted by molar-refractivity contribution is 6.32. The largest absolute Gasteiger partial charge is 0.491 e. The standard InChI is InChI=1S/C25H28ClN3O3/c1-17-15-28(24-13-20-5-3-4-6-21(20)14-27-24)16-18(2)29(17)9-10-32-23-11-19(12-25(30)31)7-8-22(23)26/h3-8,11,13-14,17-18H,9-10,12,15-16H2,1-2H3,(H,30,31)/t17-,18+. The van der Waals surface area contributed by atoms with Crippen LogP contribution in [0.1, 0.15) is 19.4 Å². The summed E-state index contributed by atoms with van der Waals surface area (Å²) in [5.74, 6) is 0.671. The van der Waals surface area contributed by atoms with Crippen LogP contribution in [0.2, 0.25) is 5.02 Å². The summed E-state index contributed by atoms with van der Waals surface area (Å²) < 4.78 is 5.93. The Bertz CT molecular complexity index is 1090. The maximum Gasteiger partial charge on any atom is 0.307 e. The van der Waals surface area contributed by atoms with Gasteiger partial charge in [-0.15, -0.1) is 0 Å². The van der Waals surface area contributed by atoms with Gasteiger partial charge in [0.25, 0.3) is 0 Å². The van der Waals surface area contributed by atoms with Crippen molar-refractivity contribution in [3.8, 4) is 5.75 Å². The van der Waals surface area contributed by atoms with Crippen molar-refractivity contribution < 1.29 is 14.6 Å². The van der Waals surface area contributed by atoms with E-state index in [4.69, 9.17) is 26.4 Å². The quantitative estimate of drug-likeness (QED) is 0.568. The third-order valence-corrected chi connectivity index (χ3v) is 6.31. The topological polar surface area (TPSA) is 65.9 Å². The Morgan fingerprint density at radius 3 is 2.56 bits per heavy atom. The van der Waals surface area contributed by atoms with Crippen LogP contribution in [0, 0.1) is 0 Å². The Balaban J connectivity index is 1.36. The van der Waals surface area contributed by atoms with E-state index in [1.807, 2.05) is 12.3 Å². The molecule has 2 heterocycles. The number of nitrogens with zero attached hydrogens (tertiary/aromatic N) is 3. The Morgan fingerprint density at radius 1 is 1.12 bits per heavy atom. The molecule has 1 aliphatic heterocycles. The monoisotopic (exact) mass is 453 g/mol. The fourth-order valence-electron chi connectivity index (χ4n) is 4.43. The van der Waals surface area contributed by atoms with Gasteiger partial charge in [0.1, 0.15) is 18.2 Å². The molecule has 3 aromatic rings. The minimum Gasteiger partial charge on any atom is -0.491 e. The number of aromatic nitrogens is 1. The van der Waals surface area contributed by atoms with E-state index >= 15 is 0 Å². The van der Waals surface area contributed by atoms with Crippen molar-refractivity contribution >= 4 is 34.2 Å². The molecule has 1 aromatic heterocycles. The van der Waals surface area contributed by atoms with Crippen molar-refractivity contribution in [1.29, 1.82) is 0 Å². The Labute approximate surface area is 193 Å². The molecule has 7 heteroatoms. The Kier molecular flexibility index (Phi) is 6.82. The number of carboxylic acid groups (broad SMARTS) is 1. The lowest BCUT2D eigenvalue weighted by atomic mass is 10.1. The van der Waals surface area contributed by atoms with Crippen LogP contribution in [0.4, 0.5) is 5.82 Å². The molecule has 0 unspecified atom stereocenters. The molecule has 0 bridgehead atoms. The number of anilines is 1. The van der Waals surface area contributed by atoms with E-state index in [-0.39, 0.29) is 6.42 Å². The summed E-state index contributed by atoms with van der Waals surface area (Å²) in [6, 6.07) is 16.3. The van der Waals surface area contributed by atoms with Crippen molar-refractivity contribution in [2.45, 2.75) is 32.4 Å². The average molecular weight is 454 g/mol. The fourth-order valence-corrected chi connectivity index (χ4v) is 4.61. The van der Waals surface area contributed by atoms with Crippen LogP contribution in [-0.2, 0) is 11.2 Å². The van der Waals surface area contributed by atoms with Crippen LogP contribution in [0.3, 0.4) is 0 Å². The number of benzene rings is 2. The predicted molar refractivity (Wildman–Crippen MR) is 128 cm³/mol. The summed E-state index contributed by atoms with van der Waals surface area (Å²) in [6.45, 7) is 7.49. The molecule has 4 rings (SSSR count). The maximum atomic E-state index is 11.0. The molecular weight excluding hydrogens is 426 g/mol. The van der Waals surface area contributed by atoms with Gasteiger partial charge in [-0.3, -0.25) is 9.69 Å². The van der Waals surface area contributed by atoms with Gasteiger partial charge in [0.15, 0.2) is 0 Å². The molecule has 0 saturated carbocycles. The van der Waals surface area contributed by atoms with Gasteiger partial charge in [-0.05, 0) is 43.0 Å². The first-order valence-corrected chi connectivity index (χ1v) is 11.3. The van der Waals surface area contributed by atoms with E-state index in [0.717, 1.165) is 30.8 Å². The second kappa shape index (κ2) is 9.76. The fraction of sp³-hybridized carbons (Fsp3) is 0.360. The average Bonchev–Trinajstić information content (AvgIpc) is 2.76. The zero-order valence-electron chi connectivity index (χ0n) is 18.4. The lowest BCUT2D eigenvalue weighted by Gasteiger charge is -2.44. The van der Waals surface area contributed by atoms with E-state index < -0.39 is 5.97 Å². The Hall–Kier alpha value is -2.83. The SMILES string of the molecule is C[C@@H]1CN(c2cc3ccccc3cn2)C[C@H](C)N1CCOc1cc(CC(=O)O)ccc1Cl. The van der Waals surface area contributed by atoms with Crippen LogP contribution in [0.15, 0.2) is 54.7 Å². The minimum absolute atomic E-state index is 0.0492. The predicted octanol–water partition coefficient (Wildman–Crippen LogP) is 4.49. The van der Waals surface area contributed by atoms with E-state index in [9.17, 15) is 4.79 Å². The van der Waals surface area contributed by atoms with E-state index in [1.165, 1.54) is 5.39 Å². The first kappa shape index (κ1) is 22.4. The number of aliphatic carboxylic acids is 1. The molecule has 168 valence electrons. The third-order valence-electron chi connectivity index (χ3n) is 6.00.